The van der Waals surface area contributed by atoms with Crippen molar-refractivity contribution in [2.45, 2.75) is 44.2 Å². The molecule has 1 aliphatic rings. The van der Waals surface area contributed by atoms with Gasteiger partial charge in [-0.3, -0.25) is 4.79 Å². The lowest BCUT2D eigenvalue weighted by Crippen LogP contribution is -2.42. The van der Waals surface area contributed by atoms with Crippen LogP contribution in [0.5, 0.6) is 0 Å². The summed E-state index contributed by atoms with van der Waals surface area (Å²) < 4.78 is 14.3. The van der Waals surface area contributed by atoms with Crippen molar-refractivity contribution in [3.05, 3.63) is 34.1 Å². The van der Waals surface area contributed by atoms with Crippen molar-refractivity contribution in [2.75, 3.05) is 0 Å². The Balaban J connectivity index is 1.88. The van der Waals surface area contributed by atoms with Gasteiger partial charge in [-0.25, -0.2) is 4.39 Å². The first-order valence-corrected chi connectivity index (χ1v) is 7.27. The highest BCUT2D eigenvalue weighted by Gasteiger charge is 2.31. The van der Waals surface area contributed by atoms with E-state index in [9.17, 15) is 9.18 Å². The molecule has 5 heteroatoms. The van der Waals surface area contributed by atoms with E-state index in [1.165, 1.54) is 6.07 Å². The fraction of sp³-hybridized carbons (Fsp3) is 0.500. The van der Waals surface area contributed by atoms with E-state index in [1.807, 2.05) is 0 Å². The molecule has 1 aromatic carbocycles. The number of hydrogen-bond donors (Lipinski definition) is 2. The smallest absolute Gasteiger partial charge is 0.222 e. The van der Waals surface area contributed by atoms with Gasteiger partial charge < -0.3 is 11.1 Å². The van der Waals surface area contributed by atoms with E-state index in [1.54, 1.807) is 12.1 Å². The second-order valence-corrected chi connectivity index (χ2v) is 6.17. The van der Waals surface area contributed by atoms with Gasteiger partial charge in [0.15, 0.2) is 0 Å². The third-order valence-corrected chi connectivity index (χ3v) is 4.09. The molecule has 2 rings (SSSR count). The molecule has 3 nitrogen and oxygen atoms in total. The SMILES string of the molecule is NC1(CC(=O)NCc2cc(Br)ccc2F)CCCC1. The fourth-order valence-electron chi connectivity index (χ4n) is 2.51. The zero-order valence-electron chi connectivity index (χ0n) is 10.7. The number of halogens is 2. The van der Waals surface area contributed by atoms with Crippen LogP contribution in [-0.2, 0) is 11.3 Å². The summed E-state index contributed by atoms with van der Waals surface area (Å²) in [5.74, 6) is -0.421. The highest BCUT2D eigenvalue weighted by atomic mass is 79.9. The van der Waals surface area contributed by atoms with Gasteiger partial charge >= 0.3 is 0 Å². The van der Waals surface area contributed by atoms with Crippen molar-refractivity contribution in [3.8, 4) is 0 Å². The molecule has 19 heavy (non-hydrogen) atoms. The van der Waals surface area contributed by atoms with E-state index in [4.69, 9.17) is 5.73 Å². The van der Waals surface area contributed by atoms with Crippen molar-refractivity contribution in [1.82, 2.24) is 5.32 Å². The minimum atomic E-state index is -0.361. The van der Waals surface area contributed by atoms with Crippen LogP contribution < -0.4 is 11.1 Å². The average molecular weight is 329 g/mol. The van der Waals surface area contributed by atoms with Crippen LogP contribution in [0.3, 0.4) is 0 Å². The third kappa shape index (κ3) is 4.01. The van der Waals surface area contributed by atoms with Gasteiger partial charge in [-0.05, 0) is 31.0 Å². The van der Waals surface area contributed by atoms with E-state index in [0.717, 1.165) is 30.2 Å². The molecule has 1 aromatic rings. The molecule has 0 saturated heterocycles. The molecule has 1 fully saturated rings. The Morgan fingerprint density at radius 1 is 1.42 bits per heavy atom. The normalized spacial score (nSPS) is 17.4. The quantitative estimate of drug-likeness (QED) is 0.892. The highest BCUT2D eigenvalue weighted by Crippen LogP contribution is 2.29. The average Bonchev–Trinajstić information content (AvgIpc) is 2.77. The Bertz CT molecular complexity index is 473. The maximum absolute atomic E-state index is 13.5. The molecule has 0 spiro atoms. The summed E-state index contributed by atoms with van der Waals surface area (Å²) in [5, 5.41) is 2.74. The Kier molecular flexibility index (Phi) is 4.58. The summed E-state index contributed by atoms with van der Waals surface area (Å²) >= 11 is 3.28. The first-order chi connectivity index (χ1) is 8.98. The Labute approximate surface area is 120 Å². The molecule has 0 unspecified atom stereocenters. The van der Waals surface area contributed by atoms with Crippen molar-refractivity contribution in [3.63, 3.8) is 0 Å². The minimum absolute atomic E-state index is 0.108. The second kappa shape index (κ2) is 6.01. The largest absolute Gasteiger partial charge is 0.352 e. The maximum atomic E-state index is 13.5. The summed E-state index contributed by atoms with van der Waals surface area (Å²) in [6.45, 7) is 0.195. The molecular formula is C14H18BrFN2O. The molecule has 3 N–H and O–H groups in total. The predicted octanol–water partition coefficient (Wildman–Crippen LogP) is 2.87. The Morgan fingerprint density at radius 3 is 2.79 bits per heavy atom. The van der Waals surface area contributed by atoms with Gasteiger partial charge in [0.2, 0.25) is 5.91 Å². The van der Waals surface area contributed by atoms with Crippen LogP contribution in [-0.4, -0.2) is 11.4 Å². The molecule has 1 aliphatic carbocycles. The van der Waals surface area contributed by atoms with Crippen LogP contribution in [0.15, 0.2) is 22.7 Å². The molecule has 104 valence electrons. The van der Waals surface area contributed by atoms with Gasteiger partial charge in [0.1, 0.15) is 5.82 Å². The molecule has 0 atom stereocenters. The zero-order chi connectivity index (χ0) is 13.9. The molecule has 0 aromatic heterocycles. The lowest BCUT2D eigenvalue weighted by Gasteiger charge is -2.22. The van der Waals surface area contributed by atoms with Crippen molar-refractivity contribution in [1.29, 1.82) is 0 Å². The molecule has 1 amide bonds. The highest BCUT2D eigenvalue weighted by molar-refractivity contribution is 9.10. The summed E-state index contributed by atoms with van der Waals surface area (Å²) in [6.07, 6.45) is 4.29. The maximum Gasteiger partial charge on any atom is 0.222 e. The van der Waals surface area contributed by atoms with Crippen LogP contribution in [0.25, 0.3) is 0 Å². The van der Waals surface area contributed by atoms with Gasteiger partial charge in [-0.15, -0.1) is 0 Å². The molecule has 1 saturated carbocycles. The second-order valence-electron chi connectivity index (χ2n) is 5.26. The fourth-order valence-corrected chi connectivity index (χ4v) is 2.92. The van der Waals surface area contributed by atoms with Crippen LogP contribution >= 0.6 is 15.9 Å². The van der Waals surface area contributed by atoms with Crippen LogP contribution in [0.1, 0.15) is 37.7 Å². The molecule has 0 aliphatic heterocycles. The molecular weight excluding hydrogens is 311 g/mol. The van der Waals surface area contributed by atoms with E-state index in [2.05, 4.69) is 21.2 Å². The minimum Gasteiger partial charge on any atom is -0.352 e. The Hall–Kier alpha value is -0.940. The zero-order valence-corrected chi connectivity index (χ0v) is 12.3. The predicted molar refractivity (Wildman–Crippen MR) is 76.0 cm³/mol. The lowest BCUT2D eigenvalue weighted by molar-refractivity contribution is -0.122. The van der Waals surface area contributed by atoms with Crippen molar-refractivity contribution in [2.24, 2.45) is 5.73 Å². The van der Waals surface area contributed by atoms with Crippen molar-refractivity contribution < 1.29 is 9.18 Å². The molecule has 0 bridgehead atoms. The summed E-state index contributed by atoms with van der Waals surface area (Å²) in [7, 11) is 0. The lowest BCUT2D eigenvalue weighted by atomic mass is 9.94. The topological polar surface area (TPSA) is 55.1 Å². The van der Waals surface area contributed by atoms with E-state index >= 15 is 0 Å². The number of carbonyl (C=O) groups is 1. The van der Waals surface area contributed by atoms with Crippen LogP contribution in [0.4, 0.5) is 4.39 Å². The number of carbonyl (C=O) groups excluding carboxylic acids is 1. The first-order valence-electron chi connectivity index (χ1n) is 6.48. The monoisotopic (exact) mass is 328 g/mol. The number of nitrogens with one attached hydrogen (secondary N) is 1. The number of hydrogen-bond acceptors (Lipinski definition) is 2. The summed E-state index contributed by atoms with van der Waals surface area (Å²) in [4.78, 5) is 11.8. The van der Waals surface area contributed by atoms with E-state index in [0.29, 0.717) is 12.0 Å². The van der Waals surface area contributed by atoms with Gasteiger partial charge in [-0.1, -0.05) is 28.8 Å². The van der Waals surface area contributed by atoms with Gasteiger partial charge in [0.25, 0.3) is 0 Å². The number of nitrogens with two attached hydrogens (primary N) is 1. The standard InChI is InChI=1S/C14H18BrFN2O/c15-11-3-4-12(16)10(7-11)9-18-13(19)8-14(17)5-1-2-6-14/h3-4,7H,1-2,5-6,8-9,17H2,(H,18,19). The van der Waals surface area contributed by atoms with Gasteiger partial charge in [0.05, 0.1) is 0 Å². The first kappa shape index (κ1) is 14.5. The van der Waals surface area contributed by atoms with Crippen LogP contribution in [0.2, 0.25) is 0 Å². The van der Waals surface area contributed by atoms with Gasteiger partial charge in [-0.2, -0.15) is 0 Å². The van der Waals surface area contributed by atoms with Crippen molar-refractivity contribution >= 4 is 21.8 Å². The van der Waals surface area contributed by atoms with E-state index < -0.39 is 0 Å². The molecule has 0 radical (unpaired) electrons. The third-order valence-electron chi connectivity index (χ3n) is 3.60. The molecule has 0 heterocycles. The Morgan fingerprint density at radius 2 is 2.11 bits per heavy atom. The summed E-state index contributed by atoms with van der Waals surface area (Å²) in [6, 6.07) is 4.68. The van der Waals surface area contributed by atoms with Gasteiger partial charge in [0, 0.05) is 28.5 Å². The van der Waals surface area contributed by atoms with E-state index in [-0.39, 0.29) is 23.8 Å². The number of amides is 1. The van der Waals surface area contributed by atoms with Crippen LogP contribution in [0, 0.1) is 5.82 Å². The number of rotatable bonds is 4. The summed E-state index contributed by atoms with van der Waals surface area (Å²) in [5.41, 5.74) is 6.25. The number of benzene rings is 1.